The summed E-state index contributed by atoms with van der Waals surface area (Å²) in [6.07, 6.45) is 6.06. The van der Waals surface area contributed by atoms with Crippen molar-refractivity contribution in [3.63, 3.8) is 0 Å². The van der Waals surface area contributed by atoms with E-state index in [9.17, 15) is 4.79 Å². The Morgan fingerprint density at radius 2 is 2.12 bits per heavy atom. The van der Waals surface area contributed by atoms with Gasteiger partial charge in [0.15, 0.2) is 0 Å². The number of nitrogens with zero attached hydrogens (tertiary/aromatic N) is 2. The molecule has 0 unspecified atom stereocenters. The summed E-state index contributed by atoms with van der Waals surface area (Å²) in [6.45, 7) is 0.637. The third-order valence-corrected chi connectivity index (χ3v) is 3.55. The van der Waals surface area contributed by atoms with Crippen molar-refractivity contribution in [2.45, 2.75) is 25.4 Å². The van der Waals surface area contributed by atoms with E-state index in [1.54, 1.807) is 4.57 Å². The van der Waals surface area contributed by atoms with Gasteiger partial charge in [-0.1, -0.05) is 28.1 Å². The van der Waals surface area contributed by atoms with Gasteiger partial charge in [-0.2, -0.15) is 0 Å². The number of imidazole rings is 1. The maximum atomic E-state index is 12.1. The zero-order valence-corrected chi connectivity index (χ0v) is 10.9. The van der Waals surface area contributed by atoms with E-state index in [-0.39, 0.29) is 5.69 Å². The lowest BCUT2D eigenvalue weighted by Crippen LogP contribution is -2.23. The topological polar surface area (TPSA) is 26.9 Å². The van der Waals surface area contributed by atoms with Crippen LogP contribution in [0.5, 0.6) is 0 Å². The van der Waals surface area contributed by atoms with Gasteiger partial charge in [-0.05, 0) is 30.5 Å². The molecule has 0 atom stereocenters. The van der Waals surface area contributed by atoms with Crippen LogP contribution in [-0.2, 0) is 6.54 Å². The first-order valence-electron chi connectivity index (χ1n) is 5.76. The number of halogens is 1. The Labute approximate surface area is 108 Å². The molecule has 4 heteroatoms. The van der Waals surface area contributed by atoms with Gasteiger partial charge in [0, 0.05) is 22.9 Å². The van der Waals surface area contributed by atoms with Gasteiger partial charge in [0.2, 0.25) is 0 Å². The van der Waals surface area contributed by atoms with Crippen LogP contribution in [0.2, 0.25) is 0 Å². The van der Waals surface area contributed by atoms with E-state index in [1.165, 1.54) is 0 Å². The van der Waals surface area contributed by atoms with Gasteiger partial charge in [0.1, 0.15) is 0 Å². The summed E-state index contributed by atoms with van der Waals surface area (Å²) in [5, 5.41) is 0. The molecule has 0 aliphatic heterocycles. The second-order valence-corrected chi connectivity index (χ2v) is 5.39. The molecule has 0 radical (unpaired) electrons. The molecule has 88 valence electrons. The molecule has 0 spiro atoms. The lowest BCUT2D eigenvalue weighted by atomic mass is 10.2. The molecule has 0 saturated heterocycles. The predicted octanol–water partition coefficient (Wildman–Crippen LogP) is 2.80. The van der Waals surface area contributed by atoms with Gasteiger partial charge >= 0.3 is 5.69 Å². The fraction of sp³-hybridized carbons (Fsp3) is 0.308. The second kappa shape index (κ2) is 4.18. The summed E-state index contributed by atoms with van der Waals surface area (Å²) >= 11 is 3.44. The van der Waals surface area contributed by atoms with Gasteiger partial charge in [0.25, 0.3) is 0 Å². The first kappa shape index (κ1) is 10.8. The van der Waals surface area contributed by atoms with Crippen molar-refractivity contribution in [2.24, 2.45) is 0 Å². The summed E-state index contributed by atoms with van der Waals surface area (Å²) in [4.78, 5) is 12.1. The highest BCUT2D eigenvalue weighted by molar-refractivity contribution is 9.10. The molecule has 17 heavy (non-hydrogen) atoms. The Morgan fingerprint density at radius 1 is 1.29 bits per heavy atom. The zero-order valence-electron chi connectivity index (χ0n) is 9.34. The van der Waals surface area contributed by atoms with Crippen LogP contribution in [0.4, 0.5) is 0 Å². The average molecular weight is 293 g/mol. The van der Waals surface area contributed by atoms with Crippen molar-refractivity contribution in [3.05, 3.63) is 57.2 Å². The van der Waals surface area contributed by atoms with Gasteiger partial charge in [-0.15, -0.1) is 0 Å². The van der Waals surface area contributed by atoms with E-state index in [0.717, 1.165) is 22.9 Å². The fourth-order valence-corrected chi connectivity index (χ4v) is 2.46. The van der Waals surface area contributed by atoms with Crippen LogP contribution in [0.25, 0.3) is 0 Å². The molecule has 1 aliphatic rings. The van der Waals surface area contributed by atoms with Crippen molar-refractivity contribution >= 4 is 15.9 Å². The summed E-state index contributed by atoms with van der Waals surface area (Å²) < 4.78 is 4.66. The van der Waals surface area contributed by atoms with Crippen molar-refractivity contribution in [2.75, 3.05) is 0 Å². The third kappa shape index (κ3) is 2.22. The number of hydrogen-bond acceptors (Lipinski definition) is 1. The van der Waals surface area contributed by atoms with E-state index < -0.39 is 0 Å². The number of rotatable bonds is 3. The van der Waals surface area contributed by atoms with E-state index in [2.05, 4.69) is 15.9 Å². The minimum absolute atomic E-state index is 0.104. The van der Waals surface area contributed by atoms with Crippen molar-refractivity contribution < 1.29 is 0 Å². The summed E-state index contributed by atoms with van der Waals surface area (Å²) in [6, 6.07) is 8.50. The largest absolute Gasteiger partial charge is 0.328 e. The second-order valence-electron chi connectivity index (χ2n) is 4.48. The van der Waals surface area contributed by atoms with Gasteiger partial charge in [-0.3, -0.25) is 9.13 Å². The fourth-order valence-electron chi connectivity index (χ4n) is 2.01. The van der Waals surface area contributed by atoms with Gasteiger partial charge in [-0.25, -0.2) is 4.79 Å². The molecule has 1 heterocycles. The third-order valence-electron chi connectivity index (χ3n) is 3.06. The van der Waals surface area contributed by atoms with Crippen molar-refractivity contribution in [1.29, 1.82) is 0 Å². The highest BCUT2D eigenvalue weighted by Gasteiger charge is 2.25. The molecule has 1 fully saturated rings. The normalized spacial score (nSPS) is 15.1. The van der Waals surface area contributed by atoms with Crippen LogP contribution in [-0.4, -0.2) is 9.13 Å². The first-order valence-corrected chi connectivity index (χ1v) is 6.55. The summed E-state index contributed by atoms with van der Waals surface area (Å²) in [5.41, 5.74) is 1.24. The molecule has 0 amide bonds. The van der Waals surface area contributed by atoms with Gasteiger partial charge in [0.05, 0.1) is 6.54 Å². The molecule has 2 aromatic rings. The summed E-state index contributed by atoms with van der Waals surface area (Å²) in [7, 11) is 0. The lowest BCUT2D eigenvalue weighted by Gasteiger charge is -2.02. The molecule has 0 bridgehead atoms. The molecule has 1 aliphatic carbocycles. The SMILES string of the molecule is O=c1n(Cc2cccc(Br)c2)ccn1C1CC1. The van der Waals surface area contributed by atoms with Gasteiger partial charge < -0.3 is 0 Å². The van der Waals surface area contributed by atoms with Crippen LogP contribution >= 0.6 is 15.9 Å². The highest BCUT2D eigenvalue weighted by Crippen LogP contribution is 2.33. The maximum absolute atomic E-state index is 12.1. The van der Waals surface area contributed by atoms with Crippen molar-refractivity contribution in [1.82, 2.24) is 9.13 Å². The standard InChI is InChI=1S/C13H13BrN2O/c14-11-3-1-2-10(8-11)9-15-6-7-16(13(15)17)12-4-5-12/h1-3,6-8,12H,4-5,9H2. The quantitative estimate of drug-likeness (QED) is 0.855. The van der Waals surface area contributed by atoms with Crippen LogP contribution in [0.1, 0.15) is 24.4 Å². The molecule has 1 aromatic carbocycles. The number of aromatic nitrogens is 2. The monoisotopic (exact) mass is 292 g/mol. The average Bonchev–Trinajstić information content (AvgIpc) is 3.07. The lowest BCUT2D eigenvalue weighted by molar-refractivity contribution is 0.656. The number of benzene rings is 1. The minimum atomic E-state index is 0.104. The predicted molar refractivity (Wildman–Crippen MR) is 70.2 cm³/mol. The molecular weight excluding hydrogens is 280 g/mol. The molecular formula is C13H13BrN2O. The Balaban J connectivity index is 1.88. The molecule has 3 nitrogen and oxygen atoms in total. The Kier molecular flexibility index (Phi) is 2.67. The first-order chi connectivity index (χ1) is 8.24. The molecule has 1 aromatic heterocycles. The maximum Gasteiger partial charge on any atom is 0.328 e. The zero-order chi connectivity index (χ0) is 11.8. The Bertz CT molecular complexity index is 595. The van der Waals surface area contributed by atoms with Crippen LogP contribution in [0.15, 0.2) is 45.9 Å². The van der Waals surface area contributed by atoms with E-state index in [0.29, 0.717) is 12.6 Å². The Morgan fingerprint density at radius 3 is 2.82 bits per heavy atom. The van der Waals surface area contributed by atoms with Crippen LogP contribution in [0, 0.1) is 0 Å². The minimum Gasteiger partial charge on any atom is -0.296 e. The van der Waals surface area contributed by atoms with E-state index in [1.807, 2.05) is 41.2 Å². The molecule has 3 rings (SSSR count). The molecule has 1 saturated carbocycles. The smallest absolute Gasteiger partial charge is 0.296 e. The number of hydrogen-bond donors (Lipinski definition) is 0. The van der Waals surface area contributed by atoms with Crippen molar-refractivity contribution in [3.8, 4) is 0 Å². The highest BCUT2D eigenvalue weighted by atomic mass is 79.9. The van der Waals surface area contributed by atoms with Crippen LogP contribution < -0.4 is 5.69 Å². The van der Waals surface area contributed by atoms with E-state index in [4.69, 9.17) is 0 Å². The Hall–Kier alpha value is -1.29. The van der Waals surface area contributed by atoms with Crippen LogP contribution in [0.3, 0.4) is 0 Å². The van der Waals surface area contributed by atoms with E-state index >= 15 is 0 Å². The summed E-state index contributed by atoms with van der Waals surface area (Å²) in [5.74, 6) is 0. The molecule has 0 N–H and O–H groups in total.